The summed E-state index contributed by atoms with van der Waals surface area (Å²) >= 11 is 5.78. The summed E-state index contributed by atoms with van der Waals surface area (Å²) in [6.07, 6.45) is 0.762. The predicted molar refractivity (Wildman–Crippen MR) is 83.5 cm³/mol. The van der Waals surface area contributed by atoms with Gasteiger partial charge < -0.3 is 5.11 Å². The number of hydrazine groups is 1. The Bertz CT molecular complexity index is 671. The van der Waals surface area contributed by atoms with E-state index in [0.717, 1.165) is 5.56 Å². The molecule has 3 N–H and O–H groups in total. The minimum absolute atomic E-state index is 0.0977. The maximum atomic E-state index is 11.8. The summed E-state index contributed by atoms with van der Waals surface area (Å²) in [6.45, 7) is 0. The third kappa shape index (κ3) is 4.49. The lowest BCUT2D eigenvalue weighted by atomic mass is 10.1. The number of hydrogen-bond acceptors (Lipinski definition) is 3. The highest BCUT2D eigenvalue weighted by molar-refractivity contribution is 6.30. The Morgan fingerprint density at radius 1 is 1.00 bits per heavy atom. The summed E-state index contributed by atoms with van der Waals surface area (Å²) in [5.74, 6) is -1.04. The first-order valence-electron chi connectivity index (χ1n) is 6.68. The maximum Gasteiger partial charge on any atom is 0.273 e. The van der Waals surface area contributed by atoms with E-state index in [1.807, 2.05) is 12.1 Å². The quantitative estimate of drug-likeness (QED) is 0.758. The largest absolute Gasteiger partial charge is 0.507 e. The van der Waals surface area contributed by atoms with Crippen LogP contribution in [0, 0.1) is 0 Å². The molecule has 0 unspecified atom stereocenters. The minimum Gasteiger partial charge on any atom is -0.507 e. The van der Waals surface area contributed by atoms with E-state index in [0.29, 0.717) is 11.4 Å². The van der Waals surface area contributed by atoms with Crippen LogP contribution in [0.25, 0.3) is 0 Å². The van der Waals surface area contributed by atoms with Crippen molar-refractivity contribution in [3.8, 4) is 5.75 Å². The Hall–Kier alpha value is -2.53. The van der Waals surface area contributed by atoms with Crippen molar-refractivity contribution in [3.63, 3.8) is 0 Å². The average molecular weight is 319 g/mol. The fourth-order valence-corrected chi connectivity index (χ4v) is 1.96. The van der Waals surface area contributed by atoms with Crippen molar-refractivity contribution in [2.24, 2.45) is 0 Å². The van der Waals surface area contributed by atoms with Crippen LogP contribution in [0.15, 0.2) is 48.5 Å². The van der Waals surface area contributed by atoms with E-state index in [2.05, 4.69) is 10.9 Å². The van der Waals surface area contributed by atoms with E-state index in [9.17, 15) is 14.7 Å². The molecule has 2 aromatic rings. The number of aryl methyl sites for hydroxylation is 1. The second-order valence-corrected chi connectivity index (χ2v) is 5.08. The van der Waals surface area contributed by atoms with Gasteiger partial charge >= 0.3 is 0 Å². The molecule has 5 nitrogen and oxygen atoms in total. The lowest BCUT2D eigenvalue weighted by Crippen LogP contribution is -2.41. The van der Waals surface area contributed by atoms with Crippen LogP contribution in [0.5, 0.6) is 5.75 Å². The van der Waals surface area contributed by atoms with Gasteiger partial charge in [0, 0.05) is 11.4 Å². The first kappa shape index (κ1) is 15.9. The monoisotopic (exact) mass is 318 g/mol. The zero-order valence-corrected chi connectivity index (χ0v) is 12.4. The summed E-state index contributed by atoms with van der Waals surface area (Å²) in [7, 11) is 0. The molecule has 0 aromatic heterocycles. The van der Waals surface area contributed by atoms with Gasteiger partial charge in [0.25, 0.3) is 5.91 Å². The Labute approximate surface area is 132 Å². The van der Waals surface area contributed by atoms with Crippen molar-refractivity contribution in [1.29, 1.82) is 0 Å². The van der Waals surface area contributed by atoms with Crippen molar-refractivity contribution in [2.45, 2.75) is 12.8 Å². The van der Waals surface area contributed by atoms with Crippen LogP contribution >= 0.6 is 11.6 Å². The summed E-state index contributed by atoms with van der Waals surface area (Å²) < 4.78 is 0. The molecule has 0 fully saturated rings. The molecule has 0 bridgehead atoms. The molecule has 0 saturated carbocycles. The van der Waals surface area contributed by atoms with Crippen LogP contribution in [0.3, 0.4) is 0 Å². The highest BCUT2D eigenvalue weighted by Crippen LogP contribution is 2.14. The topological polar surface area (TPSA) is 78.4 Å². The minimum atomic E-state index is -0.571. The van der Waals surface area contributed by atoms with Crippen LogP contribution in [-0.2, 0) is 11.2 Å². The number of benzene rings is 2. The predicted octanol–water partition coefficient (Wildman–Crippen LogP) is 2.44. The third-order valence-electron chi connectivity index (χ3n) is 3.02. The van der Waals surface area contributed by atoms with E-state index in [1.54, 1.807) is 24.3 Å². The molecule has 0 aliphatic carbocycles. The fourth-order valence-electron chi connectivity index (χ4n) is 1.83. The number of hydrogen-bond donors (Lipinski definition) is 3. The Balaban J connectivity index is 1.79. The van der Waals surface area contributed by atoms with Crippen molar-refractivity contribution in [2.75, 3.05) is 0 Å². The standard InChI is InChI=1S/C16H15ClN2O3/c17-12-8-5-11(6-9-12)7-10-15(21)18-19-16(22)13-3-1-2-4-14(13)20/h1-6,8-9,20H,7,10H2,(H,18,21)(H,19,22). The highest BCUT2D eigenvalue weighted by Gasteiger charge is 2.11. The lowest BCUT2D eigenvalue weighted by Gasteiger charge is -2.08. The van der Waals surface area contributed by atoms with Crippen molar-refractivity contribution < 1.29 is 14.7 Å². The van der Waals surface area contributed by atoms with Gasteiger partial charge in [-0.2, -0.15) is 0 Å². The lowest BCUT2D eigenvalue weighted by molar-refractivity contribution is -0.121. The highest BCUT2D eigenvalue weighted by atomic mass is 35.5. The van der Waals surface area contributed by atoms with Gasteiger partial charge in [-0.3, -0.25) is 20.4 Å². The molecule has 6 heteroatoms. The van der Waals surface area contributed by atoms with Crippen LogP contribution in [0.4, 0.5) is 0 Å². The molecule has 2 aromatic carbocycles. The number of carbonyl (C=O) groups excluding carboxylic acids is 2. The number of phenolic OH excluding ortho intramolecular Hbond substituents is 1. The van der Waals surface area contributed by atoms with E-state index in [1.165, 1.54) is 12.1 Å². The molecule has 0 heterocycles. The first-order valence-corrected chi connectivity index (χ1v) is 7.05. The number of rotatable bonds is 4. The van der Waals surface area contributed by atoms with Crippen molar-refractivity contribution in [3.05, 3.63) is 64.7 Å². The zero-order chi connectivity index (χ0) is 15.9. The van der Waals surface area contributed by atoms with Crippen molar-refractivity contribution >= 4 is 23.4 Å². The smallest absolute Gasteiger partial charge is 0.273 e. The second kappa shape index (κ2) is 7.47. The van der Waals surface area contributed by atoms with E-state index < -0.39 is 5.91 Å². The third-order valence-corrected chi connectivity index (χ3v) is 3.27. The second-order valence-electron chi connectivity index (χ2n) is 4.65. The van der Waals surface area contributed by atoms with E-state index in [4.69, 9.17) is 11.6 Å². The van der Waals surface area contributed by atoms with Gasteiger partial charge in [-0.1, -0.05) is 35.9 Å². The number of nitrogens with one attached hydrogen (secondary N) is 2. The molecule has 0 aliphatic heterocycles. The van der Waals surface area contributed by atoms with E-state index in [-0.39, 0.29) is 23.6 Å². The van der Waals surface area contributed by atoms with Crippen LogP contribution < -0.4 is 10.9 Å². The Morgan fingerprint density at radius 3 is 2.36 bits per heavy atom. The number of para-hydroxylation sites is 1. The zero-order valence-electron chi connectivity index (χ0n) is 11.7. The first-order chi connectivity index (χ1) is 10.6. The van der Waals surface area contributed by atoms with E-state index >= 15 is 0 Å². The van der Waals surface area contributed by atoms with Gasteiger partial charge in [-0.05, 0) is 36.2 Å². The van der Waals surface area contributed by atoms with Gasteiger partial charge in [0.05, 0.1) is 5.56 Å². The number of amides is 2. The summed E-state index contributed by atoms with van der Waals surface area (Å²) in [6, 6.07) is 13.3. The molecule has 114 valence electrons. The average Bonchev–Trinajstić information content (AvgIpc) is 2.52. The molecule has 22 heavy (non-hydrogen) atoms. The Kier molecular flexibility index (Phi) is 5.38. The van der Waals surface area contributed by atoms with Gasteiger partial charge in [0.2, 0.25) is 5.91 Å². The molecule has 2 amide bonds. The molecular weight excluding hydrogens is 304 g/mol. The molecule has 0 radical (unpaired) electrons. The van der Waals surface area contributed by atoms with Gasteiger partial charge in [0.15, 0.2) is 0 Å². The summed E-state index contributed by atoms with van der Waals surface area (Å²) in [5.41, 5.74) is 5.66. The van der Waals surface area contributed by atoms with Crippen LogP contribution in [0.2, 0.25) is 5.02 Å². The molecular formula is C16H15ClN2O3. The fraction of sp³-hybridized carbons (Fsp3) is 0.125. The number of halogens is 1. The van der Waals surface area contributed by atoms with Crippen LogP contribution in [0.1, 0.15) is 22.3 Å². The number of aromatic hydroxyl groups is 1. The Morgan fingerprint density at radius 2 is 1.68 bits per heavy atom. The summed E-state index contributed by atoms with van der Waals surface area (Å²) in [4.78, 5) is 23.5. The summed E-state index contributed by atoms with van der Waals surface area (Å²) in [5, 5.41) is 10.2. The molecule has 0 saturated heterocycles. The van der Waals surface area contributed by atoms with Gasteiger partial charge in [-0.25, -0.2) is 0 Å². The van der Waals surface area contributed by atoms with Gasteiger partial charge in [-0.15, -0.1) is 0 Å². The number of carbonyl (C=O) groups is 2. The van der Waals surface area contributed by atoms with Crippen molar-refractivity contribution in [1.82, 2.24) is 10.9 Å². The molecule has 0 aliphatic rings. The van der Waals surface area contributed by atoms with Gasteiger partial charge in [0.1, 0.15) is 5.75 Å². The molecule has 2 rings (SSSR count). The normalized spacial score (nSPS) is 10.0. The molecule has 0 atom stereocenters. The van der Waals surface area contributed by atoms with Crippen LogP contribution in [-0.4, -0.2) is 16.9 Å². The maximum absolute atomic E-state index is 11.8. The SMILES string of the molecule is O=C(CCc1ccc(Cl)cc1)NNC(=O)c1ccccc1O. The molecule has 0 spiro atoms. The number of phenols is 1.